The Morgan fingerprint density at radius 3 is 1.26 bits per heavy atom. The van der Waals surface area contributed by atoms with E-state index in [-0.39, 0.29) is 11.5 Å². The molecule has 0 bridgehead atoms. The zero-order valence-corrected chi connectivity index (χ0v) is 21.7. The van der Waals surface area contributed by atoms with Gasteiger partial charge in [0.25, 0.3) is 0 Å². The standard InChI is InChI=1S/C14H18O4.C13H16O4/c1-6-10-7-11(16-4)13(12(8-10)17-5)18-14(15)9(2)3;1-8(2)13(14)17-12-10(15-4)6-9(3)7-11(12)16-5/h7-8H,2,6H2,1,3-5H3;6-7H,1H2,2-5H3. The Hall–Kier alpha value is -3.94. The van der Waals surface area contributed by atoms with Crippen LogP contribution in [0, 0.1) is 6.92 Å². The van der Waals surface area contributed by atoms with Crippen LogP contribution in [0.3, 0.4) is 0 Å². The number of benzene rings is 2. The molecule has 0 unspecified atom stereocenters. The normalized spacial score (nSPS) is 9.71. The second kappa shape index (κ2) is 13.7. The lowest BCUT2D eigenvalue weighted by Gasteiger charge is -2.14. The molecule has 0 atom stereocenters. The van der Waals surface area contributed by atoms with Gasteiger partial charge in [0.2, 0.25) is 11.5 Å². The van der Waals surface area contributed by atoms with Crippen LogP contribution in [-0.2, 0) is 16.0 Å². The van der Waals surface area contributed by atoms with E-state index in [9.17, 15) is 9.59 Å². The summed E-state index contributed by atoms with van der Waals surface area (Å²) in [4.78, 5) is 23.1. The van der Waals surface area contributed by atoms with Crippen molar-refractivity contribution in [1.29, 1.82) is 0 Å². The van der Waals surface area contributed by atoms with E-state index in [1.807, 2.05) is 26.0 Å². The van der Waals surface area contributed by atoms with Gasteiger partial charge < -0.3 is 28.4 Å². The zero-order valence-electron chi connectivity index (χ0n) is 21.7. The molecule has 35 heavy (non-hydrogen) atoms. The fourth-order valence-electron chi connectivity index (χ4n) is 2.71. The molecular weight excluding hydrogens is 452 g/mol. The molecule has 0 spiro atoms. The predicted octanol–water partition coefficient (Wildman–Crippen LogP) is 5.24. The Kier molecular flexibility index (Phi) is 11.4. The summed E-state index contributed by atoms with van der Waals surface area (Å²) in [5.74, 6) is 1.40. The summed E-state index contributed by atoms with van der Waals surface area (Å²) >= 11 is 0. The molecule has 190 valence electrons. The fourth-order valence-corrected chi connectivity index (χ4v) is 2.71. The highest BCUT2D eigenvalue weighted by molar-refractivity contribution is 5.90. The average Bonchev–Trinajstić information content (AvgIpc) is 2.84. The van der Waals surface area contributed by atoms with Crippen LogP contribution in [0.5, 0.6) is 34.5 Å². The zero-order chi connectivity index (χ0) is 26.7. The lowest BCUT2D eigenvalue weighted by atomic mass is 10.1. The van der Waals surface area contributed by atoms with E-state index in [4.69, 9.17) is 28.4 Å². The quantitative estimate of drug-likeness (QED) is 0.270. The van der Waals surface area contributed by atoms with Crippen LogP contribution in [0.15, 0.2) is 48.6 Å². The molecule has 0 fully saturated rings. The summed E-state index contributed by atoms with van der Waals surface area (Å²) < 4.78 is 31.2. The van der Waals surface area contributed by atoms with E-state index in [0.717, 1.165) is 17.5 Å². The van der Waals surface area contributed by atoms with Crippen molar-refractivity contribution in [2.45, 2.75) is 34.1 Å². The largest absolute Gasteiger partial charge is 0.493 e. The Bertz CT molecular complexity index is 1030. The smallest absolute Gasteiger partial charge is 0.338 e. The number of rotatable bonds is 9. The summed E-state index contributed by atoms with van der Waals surface area (Å²) in [6.07, 6.45) is 0.835. The maximum Gasteiger partial charge on any atom is 0.338 e. The molecule has 0 N–H and O–H groups in total. The van der Waals surface area contributed by atoms with Gasteiger partial charge in [-0.3, -0.25) is 0 Å². The highest BCUT2D eigenvalue weighted by atomic mass is 16.6. The molecule has 2 aromatic carbocycles. The van der Waals surface area contributed by atoms with Crippen molar-refractivity contribution < 1.29 is 38.0 Å². The van der Waals surface area contributed by atoms with Gasteiger partial charge in [0.15, 0.2) is 23.0 Å². The number of aryl methyl sites for hydroxylation is 2. The van der Waals surface area contributed by atoms with Crippen LogP contribution in [0.1, 0.15) is 31.9 Å². The number of esters is 2. The van der Waals surface area contributed by atoms with Gasteiger partial charge in [-0.1, -0.05) is 20.1 Å². The van der Waals surface area contributed by atoms with Gasteiger partial charge in [0, 0.05) is 11.1 Å². The van der Waals surface area contributed by atoms with Gasteiger partial charge in [0.05, 0.1) is 28.4 Å². The Labute approximate surface area is 207 Å². The molecule has 0 saturated heterocycles. The van der Waals surface area contributed by atoms with E-state index in [1.165, 1.54) is 28.4 Å². The minimum atomic E-state index is -0.509. The summed E-state index contributed by atoms with van der Waals surface area (Å²) in [5.41, 5.74) is 2.63. The SMILES string of the molecule is C=C(C)C(=O)Oc1c(OC)cc(C)cc1OC.C=C(C)C(=O)Oc1c(OC)cc(CC)cc1OC. The van der Waals surface area contributed by atoms with Gasteiger partial charge in [-0.2, -0.15) is 0 Å². The monoisotopic (exact) mass is 486 g/mol. The number of carbonyl (C=O) groups excluding carboxylic acids is 2. The van der Waals surface area contributed by atoms with E-state index in [0.29, 0.717) is 34.1 Å². The third-order valence-electron chi connectivity index (χ3n) is 4.62. The number of hydrogen-bond acceptors (Lipinski definition) is 8. The van der Waals surface area contributed by atoms with Crippen molar-refractivity contribution in [2.75, 3.05) is 28.4 Å². The lowest BCUT2D eigenvalue weighted by Crippen LogP contribution is -2.10. The van der Waals surface area contributed by atoms with Crippen molar-refractivity contribution in [3.8, 4) is 34.5 Å². The molecular formula is C27H34O8. The molecule has 0 saturated carbocycles. The third-order valence-corrected chi connectivity index (χ3v) is 4.62. The maximum atomic E-state index is 11.6. The molecule has 8 nitrogen and oxygen atoms in total. The Morgan fingerprint density at radius 2 is 1.00 bits per heavy atom. The first-order valence-electron chi connectivity index (χ1n) is 10.8. The number of hydrogen-bond donors (Lipinski definition) is 0. The minimum absolute atomic E-state index is 0.272. The molecule has 2 rings (SSSR count). The number of ether oxygens (including phenoxy) is 6. The van der Waals surface area contributed by atoms with Crippen molar-refractivity contribution in [1.82, 2.24) is 0 Å². The van der Waals surface area contributed by atoms with Gasteiger partial charge >= 0.3 is 11.9 Å². The van der Waals surface area contributed by atoms with Crippen molar-refractivity contribution in [3.63, 3.8) is 0 Å². The van der Waals surface area contributed by atoms with E-state index in [2.05, 4.69) is 13.2 Å². The van der Waals surface area contributed by atoms with E-state index < -0.39 is 11.9 Å². The summed E-state index contributed by atoms with van der Waals surface area (Å²) in [5, 5.41) is 0. The molecule has 0 radical (unpaired) electrons. The molecule has 0 aliphatic rings. The van der Waals surface area contributed by atoms with E-state index >= 15 is 0 Å². The number of carbonyl (C=O) groups is 2. The second-order valence-corrected chi connectivity index (χ2v) is 7.52. The molecule has 8 heteroatoms. The van der Waals surface area contributed by atoms with Crippen LogP contribution >= 0.6 is 0 Å². The first kappa shape index (κ1) is 29.1. The first-order chi connectivity index (χ1) is 16.5. The van der Waals surface area contributed by atoms with Crippen LogP contribution in [-0.4, -0.2) is 40.4 Å². The van der Waals surface area contributed by atoms with Gasteiger partial charge in [0.1, 0.15) is 0 Å². The van der Waals surface area contributed by atoms with Gasteiger partial charge in [-0.05, 0) is 62.6 Å². The highest BCUT2D eigenvalue weighted by Gasteiger charge is 2.18. The van der Waals surface area contributed by atoms with E-state index in [1.54, 1.807) is 26.0 Å². The maximum absolute atomic E-state index is 11.6. The molecule has 0 heterocycles. The highest BCUT2D eigenvalue weighted by Crippen LogP contribution is 2.39. The Balaban J connectivity index is 0.000000351. The van der Waals surface area contributed by atoms with Crippen molar-refractivity contribution in [2.24, 2.45) is 0 Å². The first-order valence-corrected chi connectivity index (χ1v) is 10.8. The Morgan fingerprint density at radius 1 is 0.686 bits per heavy atom. The van der Waals surface area contributed by atoms with Crippen LogP contribution in [0.25, 0.3) is 0 Å². The molecule has 0 aliphatic heterocycles. The molecule has 2 aromatic rings. The van der Waals surface area contributed by atoms with Crippen LogP contribution in [0.4, 0.5) is 0 Å². The van der Waals surface area contributed by atoms with Crippen molar-refractivity contribution in [3.05, 3.63) is 59.7 Å². The molecule has 0 aromatic heterocycles. The summed E-state index contributed by atoms with van der Waals surface area (Å²) in [6, 6.07) is 7.18. The van der Waals surface area contributed by atoms with Gasteiger partial charge in [-0.25, -0.2) is 9.59 Å². The summed E-state index contributed by atoms with van der Waals surface area (Å²) in [7, 11) is 6.05. The topological polar surface area (TPSA) is 89.5 Å². The summed E-state index contributed by atoms with van der Waals surface area (Å²) in [6.45, 7) is 14.1. The van der Waals surface area contributed by atoms with Crippen LogP contribution in [0.2, 0.25) is 0 Å². The third kappa shape index (κ3) is 8.10. The average molecular weight is 487 g/mol. The fraction of sp³-hybridized carbons (Fsp3) is 0.333. The predicted molar refractivity (Wildman–Crippen MR) is 134 cm³/mol. The van der Waals surface area contributed by atoms with Crippen molar-refractivity contribution >= 4 is 11.9 Å². The minimum Gasteiger partial charge on any atom is -0.493 e. The molecule has 0 aliphatic carbocycles. The lowest BCUT2D eigenvalue weighted by molar-refractivity contribution is -0.131. The van der Waals surface area contributed by atoms with Crippen LogP contribution < -0.4 is 28.4 Å². The second-order valence-electron chi connectivity index (χ2n) is 7.52. The molecule has 0 amide bonds. The van der Waals surface area contributed by atoms with Gasteiger partial charge in [-0.15, -0.1) is 0 Å². The number of methoxy groups -OCH3 is 4.